The fourth-order valence-electron chi connectivity index (χ4n) is 1.98. The van der Waals surface area contributed by atoms with Crippen LogP contribution >= 0.6 is 0 Å². The predicted octanol–water partition coefficient (Wildman–Crippen LogP) is 0.246. The standard InChI is InChI=1S/C10H21NO4S/c1-15-10-5-4-9(8-10)11-16(13,14)7-3-2-6-12/h9-12H,2-8H2,1H3. The molecule has 1 aliphatic rings. The molecule has 2 N–H and O–H groups in total. The Kier molecular flexibility index (Phi) is 5.68. The number of ether oxygens (including phenoxy) is 1. The number of sulfonamides is 1. The van der Waals surface area contributed by atoms with Crippen molar-refractivity contribution in [3.8, 4) is 0 Å². The Balaban J connectivity index is 2.30. The van der Waals surface area contributed by atoms with E-state index in [-0.39, 0.29) is 24.5 Å². The Morgan fingerprint density at radius 1 is 1.38 bits per heavy atom. The van der Waals surface area contributed by atoms with Crippen LogP contribution < -0.4 is 4.72 Å². The lowest BCUT2D eigenvalue weighted by atomic mass is 10.3. The largest absolute Gasteiger partial charge is 0.396 e. The van der Waals surface area contributed by atoms with Crippen LogP contribution in [0, 0.1) is 0 Å². The molecule has 1 rings (SSSR count). The Morgan fingerprint density at radius 2 is 2.12 bits per heavy atom. The second kappa shape index (κ2) is 6.54. The van der Waals surface area contributed by atoms with E-state index in [1.165, 1.54) is 0 Å². The van der Waals surface area contributed by atoms with Crippen molar-refractivity contribution in [3.05, 3.63) is 0 Å². The monoisotopic (exact) mass is 251 g/mol. The Morgan fingerprint density at radius 3 is 2.69 bits per heavy atom. The first-order valence-electron chi connectivity index (χ1n) is 5.71. The Hall–Kier alpha value is -0.170. The van der Waals surface area contributed by atoms with Crippen molar-refractivity contribution in [1.82, 2.24) is 4.72 Å². The fraction of sp³-hybridized carbons (Fsp3) is 1.00. The van der Waals surface area contributed by atoms with Crippen molar-refractivity contribution >= 4 is 10.0 Å². The second-order valence-corrected chi connectivity index (χ2v) is 6.11. The fourth-order valence-corrected chi connectivity index (χ4v) is 3.40. The topological polar surface area (TPSA) is 75.6 Å². The third kappa shape index (κ3) is 4.78. The Labute approximate surface area is 97.2 Å². The van der Waals surface area contributed by atoms with E-state index in [0.29, 0.717) is 12.8 Å². The predicted molar refractivity (Wildman–Crippen MR) is 61.7 cm³/mol. The van der Waals surface area contributed by atoms with E-state index in [1.54, 1.807) is 7.11 Å². The zero-order valence-corrected chi connectivity index (χ0v) is 10.5. The molecule has 1 saturated carbocycles. The number of methoxy groups -OCH3 is 1. The van der Waals surface area contributed by atoms with Crippen LogP contribution in [0.25, 0.3) is 0 Å². The van der Waals surface area contributed by atoms with Crippen molar-refractivity contribution in [2.75, 3.05) is 19.5 Å². The van der Waals surface area contributed by atoms with Gasteiger partial charge in [-0.05, 0) is 32.1 Å². The van der Waals surface area contributed by atoms with Crippen LogP contribution in [0.3, 0.4) is 0 Å². The van der Waals surface area contributed by atoms with Gasteiger partial charge in [-0.15, -0.1) is 0 Å². The van der Waals surface area contributed by atoms with E-state index >= 15 is 0 Å². The van der Waals surface area contributed by atoms with Gasteiger partial charge in [-0.3, -0.25) is 0 Å². The molecule has 0 radical (unpaired) electrons. The number of rotatable bonds is 7. The lowest BCUT2D eigenvalue weighted by Crippen LogP contribution is -2.35. The number of aliphatic hydroxyl groups is 1. The van der Waals surface area contributed by atoms with Gasteiger partial charge in [0.1, 0.15) is 0 Å². The van der Waals surface area contributed by atoms with Crippen LogP contribution in [-0.4, -0.2) is 45.1 Å². The minimum Gasteiger partial charge on any atom is -0.396 e. The van der Waals surface area contributed by atoms with E-state index in [2.05, 4.69) is 4.72 Å². The molecule has 0 saturated heterocycles. The smallest absolute Gasteiger partial charge is 0.211 e. The minimum absolute atomic E-state index is 0.0177. The van der Waals surface area contributed by atoms with Crippen LogP contribution in [0.2, 0.25) is 0 Å². The summed E-state index contributed by atoms with van der Waals surface area (Å²) in [5.41, 5.74) is 0. The van der Waals surface area contributed by atoms with Gasteiger partial charge < -0.3 is 9.84 Å². The van der Waals surface area contributed by atoms with Gasteiger partial charge >= 0.3 is 0 Å². The maximum absolute atomic E-state index is 11.6. The number of nitrogens with one attached hydrogen (secondary N) is 1. The van der Waals surface area contributed by atoms with Gasteiger partial charge in [0.05, 0.1) is 11.9 Å². The van der Waals surface area contributed by atoms with Gasteiger partial charge in [-0.25, -0.2) is 13.1 Å². The van der Waals surface area contributed by atoms with E-state index in [1.807, 2.05) is 0 Å². The molecule has 0 heterocycles. The second-order valence-electron chi connectivity index (χ2n) is 4.24. The van der Waals surface area contributed by atoms with Gasteiger partial charge in [-0.1, -0.05) is 0 Å². The maximum atomic E-state index is 11.6. The maximum Gasteiger partial charge on any atom is 0.211 e. The van der Waals surface area contributed by atoms with Crippen LogP contribution in [0.5, 0.6) is 0 Å². The van der Waals surface area contributed by atoms with Crippen LogP contribution in [-0.2, 0) is 14.8 Å². The van der Waals surface area contributed by atoms with Crippen LogP contribution in [0.4, 0.5) is 0 Å². The van der Waals surface area contributed by atoms with E-state index < -0.39 is 10.0 Å². The summed E-state index contributed by atoms with van der Waals surface area (Å²) in [6.07, 6.45) is 3.75. The molecule has 6 heteroatoms. The van der Waals surface area contributed by atoms with E-state index in [0.717, 1.165) is 19.3 Å². The quantitative estimate of drug-likeness (QED) is 0.636. The minimum atomic E-state index is -3.19. The summed E-state index contributed by atoms with van der Waals surface area (Å²) >= 11 is 0. The molecule has 1 fully saturated rings. The van der Waals surface area contributed by atoms with Crippen LogP contribution in [0.1, 0.15) is 32.1 Å². The highest BCUT2D eigenvalue weighted by molar-refractivity contribution is 7.89. The number of aliphatic hydroxyl groups excluding tert-OH is 1. The molecule has 0 bridgehead atoms. The lowest BCUT2D eigenvalue weighted by Gasteiger charge is -2.13. The van der Waals surface area contributed by atoms with Gasteiger partial charge in [0.2, 0.25) is 10.0 Å². The van der Waals surface area contributed by atoms with Gasteiger partial charge in [-0.2, -0.15) is 0 Å². The molecule has 96 valence electrons. The van der Waals surface area contributed by atoms with Gasteiger partial charge in [0.25, 0.3) is 0 Å². The molecule has 0 aromatic carbocycles. The summed E-state index contributed by atoms with van der Waals surface area (Å²) in [5, 5.41) is 8.58. The normalized spacial score (nSPS) is 26.1. The molecular weight excluding hydrogens is 230 g/mol. The van der Waals surface area contributed by atoms with E-state index in [9.17, 15) is 8.42 Å². The number of unbranched alkanes of at least 4 members (excludes halogenated alkanes) is 1. The van der Waals surface area contributed by atoms with Crippen molar-refractivity contribution in [2.45, 2.75) is 44.2 Å². The molecule has 0 spiro atoms. The molecule has 1 aliphatic carbocycles. The third-order valence-corrected chi connectivity index (χ3v) is 4.40. The average molecular weight is 251 g/mol. The molecule has 0 aliphatic heterocycles. The summed E-state index contributed by atoms with van der Waals surface area (Å²) in [5.74, 6) is 0.0989. The molecule has 0 amide bonds. The van der Waals surface area contributed by atoms with Gasteiger partial charge in [0, 0.05) is 19.8 Å². The first kappa shape index (κ1) is 13.9. The lowest BCUT2D eigenvalue weighted by molar-refractivity contribution is 0.107. The summed E-state index contributed by atoms with van der Waals surface area (Å²) in [7, 11) is -1.53. The van der Waals surface area contributed by atoms with Crippen molar-refractivity contribution in [3.63, 3.8) is 0 Å². The Bertz CT molecular complexity index is 291. The number of hydrogen-bond acceptors (Lipinski definition) is 4. The summed E-state index contributed by atoms with van der Waals surface area (Å²) < 4.78 is 31.1. The molecule has 2 unspecified atom stereocenters. The van der Waals surface area contributed by atoms with Crippen molar-refractivity contribution in [2.24, 2.45) is 0 Å². The van der Waals surface area contributed by atoms with Crippen molar-refractivity contribution in [1.29, 1.82) is 0 Å². The highest BCUT2D eigenvalue weighted by atomic mass is 32.2. The highest BCUT2D eigenvalue weighted by Gasteiger charge is 2.27. The molecule has 0 aromatic rings. The summed E-state index contributed by atoms with van der Waals surface area (Å²) in [6.45, 7) is 0.0463. The third-order valence-electron chi connectivity index (χ3n) is 2.89. The molecule has 2 atom stereocenters. The summed E-state index contributed by atoms with van der Waals surface area (Å²) in [4.78, 5) is 0. The molecule has 0 aromatic heterocycles. The SMILES string of the molecule is COC1CCC(NS(=O)(=O)CCCCO)C1. The van der Waals surface area contributed by atoms with E-state index in [4.69, 9.17) is 9.84 Å². The summed E-state index contributed by atoms with van der Waals surface area (Å²) in [6, 6.07) is 0.0177. The highest BCUT2D eigenvalue weighted by Crippen LogP contribution is 2.22. The zero-order valence-electron chi connectivity index (χ0n) is 9.68. The zero-order chi connectivity index (χ0) is 12.0. The molecular formula is C10H21NO4S. The first-order valence-corrected chi connectivity index (χ1v) is 7.36. The van der Waals surface area contributed by atoms with Gasteiger partial charge in [0.15, 0.2) is 0 Å². The van der Waals surface area contributed by atoms with Crippen LogP contribution in [0.15, 0.2) is 0 Å². The average Bonchev–Trinajstić information content (AvgIpc) is 2.65. The first-order chi connectivity index (χ1) is 7.57. The van der Waals surface area contributed by atoms with Crippen molar-refractivity contribution < 1.29 is 18.3 Å². The molecule has 16 heavy (non-hydrogen) atoms. The number of hydrogen-bond donors (Lipinski definition) is 2. The molecule has 5 nitrogen and oxygen atoms in total.